The molecule has 2 aliphatic rings. The number of carboxylic acids is 1. The first kappa shape index (κ1) is 14.3. The number of piperidine rings is 1. The Balaban J connectivity index is 1.75. The number of carboxylic acid groups (broad SMARTS) is 1. The lowest BCUT2D eigenvalue weighted by atomic mass is 10.0. The number of nitrogens with zero attached hydrogens (tertiary/aromatic N) is 1. The average Bonchev–Trinajstić information content (AvgIpc) is 2.91. The minimum atomic E-state index is -0.924. The lowest BCUT2D eigenvalue weighted by molar-refractivity contribution is -0.154. The summed E-state index contributed by atoms with van der Waals surface area (Å²) < 4.78 is 10.7. The summed E-state index contributed by atoms with van der Waals surface area (Å²) in [4.78, 5) is 24.5. The second kappa shape index (κ2) is 6.86. The van der Waals surface area contributed by atoms with Crippen molar-refractivity contribution in [3.63, 3.8) is 0 Å². The van der Waals surface area contributed by atoms with Crippen molar-refractivity contribution in [1.82, 2.24) is 4.90 Å². The normalized spacial score (nSPS) is 27.5. The van der Waals surface area contributed by atoms with Gasteiger partial charge in [-0.15, -0.1) is 0 Å². The summed E-state index contributed by atoms with van der Waals surface area (Å²) in [5.74, 6) is -1.16. The van der Waals surface area contributed by atoms with Crippen LogP contribution in [0.25, 0.3) is 0 Å². The van der Waals surface area contributed by atoms with Gasteiger partial charge >= 0.3 is 5.97 Å². The van der Waals surface area contributed by atoms with Gasteiger partial charge in [0.15, 0.2) is 0 Å². The highest BCUT2D eigenvalue weighted by atomic mass is 16.5. The van der Waals surface area contributed by atoms with E-state index in [2.05, 4.69) is 0 Å². The molecule has 1 N–H and O–H groups in total. The van der Waals surface area contributed by atoms with Crippen LogP contribution in [0.5, 0.6) is 0 Å². The van der Waals surface area contributed by atoms with Gasteiger partial charge in [0, 0.05) is 13.2 Å². The van der Waals surface area contributed by atoms with Crippen LogP contribution < -0.4 is 0 Å². The molecule has 2 heterocycles. The molecule has 108 valence electrons. The van der Waals surface area contributed by atoms with Crippen molar-refractivity contribution in [2.45, 2.75) is 44.2 Å². The fourth-order valence-electron chi connectivity index (χ4n) is 2.62. The summed E-state index contributed by atoms with van der Waals surface area (Å²) in [6, 6.07) is -0.687. The van der Waals surface area contributed by atoms with E-state index >= 15 is 0 Å². The highest BCUT2D eigenvalue weighted by molar-refractivity contribution is 5.84. The van der Waals surface area contributed by atoms with Crippen LogP contribution in [0.1, 0.15) is 32.1 Å². The van der Waals surface area contributed by atoms with Gasteiger partial charge < -0.3 is 19.5 Å². The van der Waals surface area contributed by atoms with Crippen molar-refractivity contribution in [3.05, 3.63) is 0 Å². The Morgan fingerprint density at radius 3 is 2.79 bits per heavy atom. The standard InChI is InChI=1S/C13H21NO5/c15-12(9-18-8-10-4-3-7-19-10)14-6-2-1-5-11(14)13(16)17/h10-11H,1-9H2,(H,16,17). The molecule has 2 saturated heterocycles. The van der Waals surface area contributed by atoms with E-state index in [0.717, 1.165) is 32.3 Å². The van der Waals surface area contributed by atoms with Gasteiger partial charge in [-0.1, -0.05) is 0 Å². The third kappa shape index (κ3) is 3.91. The Morgan fingerprint density at radius 1 is 1.26 bits per heavy atom. The van der Waals surface area contributed by atoms with E-state index in [0.29, 0.717) is 19.6 Å². The van der Waals surface area contributed by atoms with Gasteiger partial charge in [0.2, 0.25) is 5.91 Å². The maximum atomic E-state index is 12.0. The first-order valence-electron chi connectivity index (χ1n) is 6.90. The van der Waals surface area contributed by atoms with Gasteiger partial charge in [-0.25, -0.2) is 4.79 Å². The molecular weight excluding hydrogens is 250 g/mol. The minimum absolute atomic E-state index is 0.0519. The molecule has 6 nitrogen and oxygen atoms in total. The van der Waals surface area contributed by atoms with Gasteiger partial charge in [-0.05, 0) is 32.1 Å². The van der Waals surface area contributed by atoms with Crippen LogP contribution >= 0.6 is 0 Å². The summed E-state index contributed by atoms with van der Waals surface area (Å²) >= 11 is 0. The topological polar surface area (TPSA) is 76.1 Å². The van der Waals surface area contributed by atoms with Crippen LogP contribution in [-0.4, -0.2) is 60.4 Å². The summed E-state index contributed by atoms with van der Waals surface area (Å²) in [7, 11) is 0. The Hall–Kier alpha value is -1.14. The van der Waals surface area contributed by atoms with Gasteiger partial charge in [0.1, 0.15) is 12.6 Å². The zero-order valence-electron chi connectivity index (χ0n) is 11.0. The minimum Gasteiger partial charge on any atom is -0.480 e. The maximum Gasteiger partial charge on any atom is 0.326 e. The molecule has 2 fully saturated rings. The van der Waals surface area contributed by atoms with Gasteiger partial charge in [-0.3, -0.25) is 4.79 Å². The Labute approximate surface area is 112 Å². The van der Waals surface area contributed by atoms with Gasteiger partial charge in [-0.2, -0.15) is 0 Å². The van der Waals surface area contributed by atoms with E-state index in [4.69, 9.17) is 14.6 Å². The lowest BCUT2D eigenvalue weighted by Gasteiger charge is -2.32. The average molecular weight is 271 g/mol. The molecule has 0 radical (unpaired) electrons. The van der Waals surface area contributed by atoms with E-state index in [-0.39, 0.29) is 18.6 Å². The zero-order valence-corrected chi connectivity index (χ0v) is 11.0. The number of hydrogen-bond donors (Lipinski definition) is 1. The molecule has 1 amide bonds. The number of rotatable bonds is 5. The van der Waals surface area contributed by atoms with Crippen LogP contribution in [0.3, 0.4) is 0 Å². The van der Waals surface area contributed by atoms with Crippen LogP contribution in [0, 0.1) is 0 Å². The smallest absolute Gasteiger partial charge is 0.326 e. The molecule has 2 rings (SSSR count). The molecule has 2 aliphatic heterocycles. The first-order chi connectivity index (χ1) is 9.18. The fourth-order valence-corrected chi connectivity index (χ4v) is 2.62. The molecule has 0 aromatic rings. The summed E-state index contributed by atoms with van der Waals surface area (Å²) in [5, 5.41) is 9.10. The van der Waals surface area contributed by atoms with Crippen molar-refractivity contribution < 1.29 is 24.2 Å². The van der Waals surface area contributed by atoms with E-state index in [1.807, 2.05) is 0 Å². The van der Waals surface area contributed by atoms with Crippen LogP contribution in [0.15, 0.2) is 0 Å². The quantitative estimate of drug-likeness (QED) is 0.794. The third-order valence-corrected chi connectivity index (χ3v) is 3.66. The highest BCUT2D eigenvalue weighted by Gasteiger charge is 2.31. The van der Waals surface area contributed by atoms with E-state index < -0.39 is 12.0 Å². The fraction of sp³-hybridized carbons (Fsp3) is 0.846. The predicted octanol–water partition coefficient (Wildman–Crippen LogP) is 0.648. The number of carbonyl (C=O) groups is 2. The molecule has 6 heteroatoms. The number of likely N-dealkylation sites (tertiary alicyclic amines) is 1. The highest BCUT2D eigenvalue weighted by Crippen LogP contribution is 2.17. The number of carbonyl (C=O) groups excluding carboxylic acids is 1. The molecule has 0 bridgehead atoms. The van der Waals surface area contributed by atoms with Crippen LogP contribution in [0.4, 0.5) is 0 Å². The third-order valence-electron chi connectivity index (χ3n) is 3.66. The van der Waals surface area contributed by atoms with Crippen molar-refractivity contribution in [2.24, 2.45) is 0 Å². The molecule has 0 aliphatic carbocycles. The number of hydrogen-bond acceptors (Lipinski definition) is 4. The maximum absolute atomic E-state index is 12.0. The van der Waals surface area contributed by atoms with E-state index in [1.165, 1.54) is 4.90 Å². The number of aliphatic carboxylic acids is 1. The molecule has 2 unspecified atom stereocenters. The number of ether oxygens (including phenoxy) is 2. The van der Waals surface area contributed by atoms with Crippen molar-refractivity contribution in [3.8, 4) is 0 Å². The van der Waals surface area contributed by atoms with Gasteiger partial charge in [0.05, 0.1) is 12.7 Å². The monoisotopic (exact) mass is 271 g/mol. The molecule has 0 aromatic carbocycles. The Morgan fingerprint density at radius 2 is 2.11 bits per heavy atom. The molecule has 2 atom stereocenters. The lowest BCUT2D eigenvalue weighted by Crippen LogP contribution is -2.49. The number of amides is 1. The van der Waals surface area contributed by atoms with Crippen molar-refractivity contribution in [1.29, 1.82) is 0 Å². The largest absolute Gasteiger partial charge is 0.480 e. The zero-order chi connectivity index (χ0) is 13.7. The molecule has 0 saturated carbocycles. The van der Waals surface area contributed by atoms with Crippen molar-refractivity contribution >= 4 is 11.9 Å². The summed E-state index contributed by atoms with van der Waals surface area (Å²) in [6.45, 7) is 1.63. The summed E-state index contributed by atoms with van der Waals surface area (Å²) in [5.41, 5.74) is 0. The molecule has 0 aromatic heterocycles. The predicted molar refractivity (Wildman–Crippen MR) is 66.8 cm³/mol. The van der Waals surface area contributed by atoms with E-state index in [9.17, 15) is 9.59 Å². The van der Waals surface area contributed by atoms with Crippen molar-refractivity contribution in [2.75, 3.05) is 26.4 Å². The van der Waals surface area contributed by atoms with Crippen LogP contribution in [-0.2, 0) is 19.1 Å². The SMILES string of the molecule is O=C(O)C1CCCCN1C(=O)COCC1CCCO1. The summed E-state index contributed by atoms with van der Waals surface area (Å²) in [6.07, 6.45) is 4.35. The molecular formula is C13H21NO5. The molecule has 19 heavy (non-hydrogen) atoms. The first-order valence-corrected chi connectivity index (χ1v) is 6.90. The van der Waals surface area contributed by atoms with E-state index in [1.54, 1.807) is 0 Å². The molecule has 0 spiro atoms. The Bertz CT molecular complexity index is 327. The Kier molecular flexibility index (Phi) is 5.15. The van der Waals surface area contributed by atoms with Gasteiger partial charge in [0.25, 0.3) is 0 Å². The van der Waals surface area contributed by atoms with Crippen LogP contribution in [0.2, 0.25) is 0 Å². The second-order valence-corrected chi connectivity index (χ2v) is 5.09. The second-order valence-electron chi connectivity index (χ2n) is 5.09.